The number of aromatic amines is 1. The molecule has 2 aromatic carbocycles. The zero-order valence-electron chi connectivity index (χ0n) is 34.1. The number of esters is 2. The Morgan fingerprint density at radius 2 is 1.86 bits per heavy atom. The first kappa shape index (κ1) is 38.3. The number of para-hydroxylation sites is 1. The monoisotopic (exact) mass is 779 g/mol. The number of aliphatic hydroxyl groups is 2. The Morgan fingerprint density at radius 1 is 1.07 bits per heavy atom. The molecular weight excluding hydrogens is 723 g/mol. The van der Waals surface area contributed by atoms with Crippen LogP contribution in [-0.2, 0) is 41.2 Å². The molecule has 3 unspecified atom stereocenters. The highest BCUT2D eigenvalue weighted by molar-refractivity contribution is 5.88. The second-order valence-electron chi connectivity index (χ2n) is 18.1. The molecule has 2 bridgehead atoms. The molecule has 1 spiro atoms. The Bertz CT molecular complexity index is 2190. The van der Waals surface area contributed by atoms with Crippen LogP contribution in [0.4, 0.5) is 5.69 Å². The van der Waals surface area contributed by atoms with Gasteiger partial charge >= 0.3 is 11.9 Å². The van der Waals surface area contributed by atoms with Crippen LogP contribution in [0.5, 0.6) is 0 Å². The number of benzene rings is 2. The molecule has 57 heavy (non-hydrogen) atoms. The third-order valence-electron chi connectivity index (χ3n) is 15.4. The van der Waals surface area contributed by atoms with Gasteiger partial charge in [0.05, 0.1) is 18.8 Å². The molecule has 5 aliphatic heterocycles. The van der Waals surface area contributed by atoms with Crippen LogP contribution in [0.2, 0.25) is 0 Å². The van der Waals surface area contributed by atoms with Gasteiger partial charge in [-0.1, -0.05) is 50.3 Å². The third-order valence-corrected chi connectivity index (χ3v) is 15.4. The quantitative estimate of drug-likeness (QED) is 0.159. The number of aryl methyl sites for hydroxylation is 1. The standard InChI is InChI=1S/C45H57N5O7/c1-7-41(54)22-29-23-44(46-26-51,36-31(14-18-49(24-29)25-41)30-12-9-10-13-34(30)47-36)32-21-33-35(20-27(32)3)48(5)38-43(33)16-19-50-17-11-15-42(8-2,37(43)50)39(57-28(4)52)45(38,55)40(53)56-6/h9-13,15,20-21,26,29,37-39,47,54-55H,7-8,14,16-19,22-25H2,1-6H3,(H,46,51)/t29-,37-,38?,39+,41-,42+,43+,44-,45?/m0/s1. The van der Waals surface area contributed by atoms with Crippen LogP contribution >= 0.6 is 0 Å². The number of nitrogens with one attached hydrogen (secondary N) is 2. The second kappa shape index (κ2) is 13.1. The fraction of sp³-hybridized carbons (Fsp3) is 0.578. The van der Waals surface area contributed by atoms with Gasteiger partial charge < -0.3 is 34.9 Å². The molecule has 6 heterocycles. The number of piperidine rings is 1. The number of rotatable bonds is 7. The summed E-state index contributed by atoms with van der Waals surface area (Å²) in [7, 11) is 3.20. The minimum absolute atomic E-state index is 0.0523. The first-order chi connectivity index (χ1) is 27.3. The van der Waals surface area contributed by atoms with Gasteiger partial charge in [-0.25, -0.2) is 4.79 Å². The maximum atomic E-state index is 14.3. The second-order valence-corrected chi connectivity index (χ2v) is 18.1. The summed E-state index contributed by atoms with van der Waals surface area (Å²) < 4.78 is 11.6. The minimum atomic E-state index is -2.23. The molecule has 1 amide bonds. The first-order valence-electron chi connectivity index (χ1n) is 20.8. The molecule has 3 aromatic rings. The van der Waals surface area contributed by atoms with E-state index in [2.05, 4.69) is 76.4 Å². The summed E-state index contributed by atoms with van der Waals surface area (Å²) in [6.45, 7) is 11.1. The van der Waals surface area contributed by atoms with E-state index in [4.69, 9.17) is 9.47 Å². The first-order valence-corrected chi connectivity index (χ1v) is 20.8. The van der Waals surface area contributed by atoms with Gasteiger partial charge in [0.1, 0.15) is 5.54 Å². The van der Waals surface area contributed by atoms with E-state index in [1.165, 1.54) is 14.0 Å². The van der Waals surface area contributed by atoms with Gasteiger partial charge in [0.25, 0.3) is 0 Å². The fourth-order valence-electron chi connectivity index (χ4n) is 13.4. The maximum absolute atomic E-state index is 14.3. The molecule has 6 aliphatic rings. The van der Waals surface area contributed by atoms with E-state index in [0.29, 0.717) is 51.7 Å². The molecule has 12 heteroatoms. The number of ether oxygens (including phenoxy) is 2. The van der Waals surface area contributed by atoms with Gasteiger partial charge in [-0.05, 0) is 92.3 Å². The van der Waals surface area contributed by atoms with Crippen molar-refractivity contribution in [3.05, 3.63) is 76.5 Å². The van der Waals surface area contributed by atoms with Crippen LogP contribution in [0.3, 0.4) is 0 Å². The molecule has 304 valence electrons. The summed E-state index contributed by atoms with van der Waals surface area (Å²) >= 11 is 0. The number of aromatic nitrogens is 1. The number of fused-ring (bicyclic) bond motifs is 6. The lowest BCUT2D eigenvalue weighted by Crippen LogP contribution is -2.81. The van der Waals surface area contributed by atoms with Crippen molar-refractivity contribution in [2.24, 2.45) is 11.3 Å². The molecule has 3 fully saturated rings. The lowest BCUT2D eigenvalue weighted by atomic mass is 9.47. The van der Waals surface area contributed by atoms with Crippen LogP contribution in [0.1, 0.15) is 80.8 Å². The molecule has 1 aliphatic carbocycles. The Kier molecular flexibility index (Phi) is 8.83. The number of anilines is 1. The average molecular weight is 780 g/mol. The number of methoxy groups -OCH3 is 1. The molecule has 10 atom stereocenters. The van der Waals surface area contributed by atoms with Gasteiger partial charge in [-0.15, -0.1) is 0 Å². The van der Waals surface area contributed by atoms with Crippen molar-refractivity contribution in [1.29, 1.82) is 0 Å². The van der Waals surface area contributed by atoms with E-state index >= 15 is 0 Å². The van der Waals surface area contributed by atoms with Crippen molar-refractivity contribution < 1.29 is 34.1 Å². The van der Waals surface area contributed by atoms with Crippen LogP contribution in [0, 0.1) is 18.3 Å². The number of nitrogens with zero attached hydrogens (tertiary/aromatic N) is 3. The Hall–Kier alpha value is -4.23. The Morgan fingerprint density at radius 3 is 2.58 bits per heavy atom. The van der Waals surface area contributed by atoms with Gasteiger partial charge in [-0.2, -0.15) is 0 Å². The van der Waals surface area contributed by atoms with Crippen molar-refractivity contribution in [3.63, 3.8) is 0 Å². The SMILES string of the molecule is CC[C@]1(O)C[C@@H]2CN(CCc3c([nH]c4ccccc34)[C@@](NC=O)(c3cc4c(cc3C)N(C)C3C(O)(C(=O)OC)[C@H](OC(C)=O)[C@]5(CC)C=CCN6CC[C@]43[C@@H]65)C2)C1. The number of likely N-dealkylation sites (N-methyl/N-ethyl adjacent to an activating group) is 1. The highest BCUT2D eigenvalue weighted by Crippen LogP contribution is 2.68. The van der Waals surface area contributed by atoms with E-state index in [9.17, 15) is 24.6 Å². The van der Waals surface area contributed by atoms with E-state index in [1.54, 1.807) is 0 Å². The summed E-state index contributed by atoms with van der Waals surface area (Å²) in [5, 5.41) is 29.8. The largest absolute Gasteiger partial charge is 0.467 e. The molecule has 12 nitrogen and oxygen atoms in total. The molecule has 9 rings (SSSR count). The molecule has 1 aromatic heterocycles. The van der Waals surface area contributed by atoms with Crippen molar-refractivity contribution in [1.82, 2.24) is 20.1 Å². The van der Waals surface area contributed by atoms with Crippen molar-refractivity contribution in [2.75, 3.05) is 51.8 Å². The third kappa shape index (κ3) is 5.02. The van der Waals surface area contributed by atoms with Gasteiger partial charge in [0.2, 0.25) is 12.0 Å². The van der Waals surface area contributed by atoms with Gasteiger partial charge in [-0.3, -0.25) is 19.4 Å². The van der Waals surface area contributed by atoms with Crippen molar-refractivity contribution in [3.8, 4) is 0 Å². The lowest BCUT2D eigenvalue weighted by Gasteiger charge is -2.63. The van der Waals surface area contributed by atoms with Crippen molar-refractivity contribution >= 4 is 34.9 Å². The van der Waals surface area contributed by atoms with E-state index in [1.807, 2.05) is 24.9 Å². The van der Waals surface area contributed by atoms with Crippen LogP contribution in [-0.4, -0.2) is 120 Å². The smallest absolute Gasteiger partial charge is 0.344 e. The number of H-pyrrole nitrogens is 1. The molecular formula is C45H57N5O7. The average Bonchev–Trinajstić information content (AvgIpc) is 3.85. The van der Waals surface area contributed by atoms with E-state index < -0.39 is 51.7 Å². The zero-order chi connectivity index (χ0) is 40.3. The molecule has 0 radical (unpaired) electrons. The fourth-order valence-corrected chi connectivity index (χ4v) is 13.4. The van der Waals surface area contributed by atoms with Gasteiger partial charge in [0, 0.05) is 79.3 Å². The number of carbonyl (C=O) groups excluding carboxylic acids is 3. The maximum Gasteiger partial charge on any atom is 0.344 e. The summed E-state index contributed by atoms with van der Waals surface area (Å²) in [5.74, 6) is -1.35. The molecule has 4 N–H and O–H groups in total. The Labute approximate surface area is 334 Å². The highest BCUT2D eigenvalue weighted by Gasteiger charge is 2.80. The topological polar surface area (TPSA) is 148 Å². The normalized spacial score (nSPS) is 37.9. The number of amides is 1. The van der Waals surface area contributed by atoms with E-state index in [-0.39, 0.29) is 12.0 Å². The van der Waals surface area contributed by atoms with E-state index in [0.717, 1.165) is 70.5 Å². The summed E-state index contributed by atoms with van der Waals surface area (Å²) in [6.07, 6.45) is 7.46. The number of hydrogen-bond acceptors (Lipinski definition) is 10. The number of carbonyl (C=O) groups is 3. The molecule has 2 saturated heterocycles. The molecule has 1 saturated carbocycles. The Balaban J connectivity index is 1.33. The lowest BCUT2D eigenvalue weighted by molar-refractivity contribution is -0.228. The summed E-state index contributed by atoms with van der Waals surface area (Å²) in [6, 6.07) is 11.7. The predicted octanol–water partition coefficient (Wildman–Crippen LogP) is 3.82. The minimum Gasteiger partial charge on any atom is -0.467 e. The number of hydrogen-bond donors (Lipinski definition) is 4. The summed E-state index contributed by atoms with van der Waals surface area (Å²) in [5.41, 5.74) is 1.06. The highest BCUT2D eigenvalue weighted by atomic mass is 16.6. The van der Waals surface area contributed by atoms with Gasteiger partial charge in [0.15, 0.2) is 6.10 Å². The van der Waals surface area contributed by atoms with Crippen LogP contribution in [0.15, 0.2) is 48.6 Å². The van der Waals surface area contributed by atoms with Crippen LogP contribution < -0.4 is 10.2 Å². The van der Waals surface area contributed by atoms with Crippen molar-refractivity contribution in [2.45, 2.75) is 107 Å². The predicted molar refractivity (Wildman–Crippen MR) is 216 cm³/mol. The summed E-state index contributed by atoms with van der Waals surface area (Å²) in [4.78, 5) is 51.2. The van der Waals surface area contributed by atoms with Crippen LogP contribution in [0.25, 0.3) is 10.9 Å². The zero-order valence-corrected chi connectivity index (χ0v) is 34.1.